The third-order valence-corrected chi connectivity index (χ3v) is 3.17. The fourth-order valence-electron chi connectivity index (χ4n) is 2.19. The van der Waals surface area contributed by atoms with Crippen LogP contribution < -0.4 is 10.1 Å². The van der Waals surface area contributed by atoms with Gasteiger partial charge in [-0.25, -0.2) is 4.39 Å². The number of fused-ring (bicyclic) bond motifs is 1. The van der Waals surface area contributed by atoms with Gasteiger partial charge in [-0.05, 0) is 49.4 Å². The highest BCUT2D eigenvalue weighted by molar-refractivity contribution is 5.85. The molecule has 0 atom stereocenters. The van der Waals surface area contributed by atoms with Crippen molar-refractivity contribution in [3.63, 3.8) is 0 Å². The number of pyridine rings is 1. The molecule has 0 saturated carbocycles. The minimum atomic E-state index is -0.339. The summed E-state index contributed by atoms with van der Waals surface area (Å²) < 4.78 is 19.3. The first-order valence-electron chi connectivity index (χ1n) is 6.71. The Morgan fingerprint density at radius 3 is 2.64 bits per heavy atom. The number of carbonyl (C=O) groups excluding carboxylic acids is 1. The fraction of sp³-hybridized carbons (Fsp3) is 0.0588. The highest BCUT2D eigenvalue weighted by Crippen LogP contribution is 2.30. The summed E-state index contributed by atoms with van der Waals surface area (Å²) in [6.07, 6.45) is 0.609. The normalized spacial score (nSPS) is 10.5. The van der Waals surface area contributed by atoms with Gasteiger partial charge in [0.25, 0.3) is 0 Å². The maximum absolute atomic E-state index is 13.5. The Hall–Kier alpha value is -2.95. The summed E-state index contributed by atoms with van der Waals surface area (Å²) in [6, 6.07) is 13.1. The van der Waals surface area contributed by atoms with Crippen molar-refractivity contribution in [3.8, 4) is 11.5 Å². The molecule has 0 fully saturated rings. The first-order chi connectivity index (χ1) is 10.7. The summed E-state index contributed by atoms with van der Waals surface area (Å²) >= 11 is 0. The van der Waals surface area contributed by atoms with Gasteiger partial charge in [0, 0.05) is 22.8 Å². The van der Waals surface area contributed by atoms with Crippen LogP contribution in [-0.4, -0.2) is 11.4 Å². The van der Waals surface area contributed by atoms with Crippen LogP contribution in [0.3, 0.4) is 0 Å². The molecule has 0 radical (unpaired) electrons. The molecule has 22 heavy (non-hydrogen) atoms. The summed E-state index contributed by atoms with van der Waals surface area (Å²) in [4.78, 5) is 14.7. The average Bonchev–Trinajstić information content (AvgIpc) is 2.50. The number of nitrogens with one attached hydrogen (secondary N) is 1. The van der Waals surface area contributed by atoms with Gasteiger partial charge in [0.1, 0.15) is 17.3 Å². The standard InChI is InChI=1S/C17H13FN2O2/c1-11-8-17(15-9-12(18)2-7-16(15)20-11)22-14-5-3-13(4-6-14)19-10-21/h2-10H,1H3,(H,19,21). The third-order valence-electron chi connectivity index (χ3n) is 3.17. The number of amides is 1. The van der Waals surface area contributed by atoms with Crippen molar-refractivity contribution in [1.82, 2.24) is 4.98 Å². The van der Waals surface area contributed by atoms with Gasteiger partial charge in [0.15, 0.2) is 0 Å². The second-order valence-corrected chi connectivity index (χ2v) is 4.81. The number of hydrogen-bond donors (Lipinski definition) is 1. The number of rotatable bonds is 4. The van der Waals surface area contributed by atoms with Crippen LogP contribution in [0.4, 0.5) is 10.1 Å². The van der Waals surface area contributed by atoms with Gasteiger partial charge in [-0.15, -0.1) is 0 Å². The van der Waals surface area contributed by atoms with E-state index in [0.717, 1.165) is 5.69 Å². The van der Waals surface area contributed by atoms with E-state index in [1.807, 2.05) is 6.92 Å². The largest absolute Gasteiger partial charge is 0.457 e. The first-order valence-corrected chi connectivity index (χ1v) is 6.71. The minimum absolute atomic E-state index is 0.339. The molecule has 1 heterocycles. The molecule has 1 amide bonds. The van der Waals surface area contributed by atoms with E-state index in [9.17, 15) is 9.18 Å². The van der Waals surface area contributed by atoms with Crippen LogP contribution in [-0.2, 0) is 4.79 Å². The van der Waals surface area contributed by atoms with Crippen LogP contribution >= 0.6 is 0 Å². The summed E-state index contributed by atoms with van der Waals surface area (Å²) in [7, 11) is 0. The van der Waals surface area contributed by atoms with Crippen LogP contribution in [0, 0.1) is 12.7 Å². The number of benzene rings is 2. The first kappa shape index (κ1) is 14.0. The SMILES string of the molecule is Cc1cc(Oc2ccc(NC=O)cc2)c2cc(F)ccc2n1. The average molecular weight is 296 g/mol. The maximum atomic E-state index is 13.5. The zero-order valence-electron chi connectivity index (χ0n) is 11.8. The molecule has 110 valence electrons. The molecule has 0 spiro atoms. The third kappa shape index (κ3) is 2.88. The lowest BCUT2D eigenvalue weighted by Crippen LogP contribution is -1.94. The van der Waals surface area contributed by atoms with Gasteiger partial charge in [-0.2, -0.15) is 0 Å². The molecule has 1 N–H and O–H groups in total. The molecule has 2 aromatic carbocycles. The van der Waals surface area contributed by atoms with Gasteiger partial charge in [0.05, 0.1) is 5.52 Å². The van der Waals surface area contributed by atoms with E-state index >= 15 is 0 Å². The smallest absolute Gasteiger partial charge is 0.211 e. The molecule has 0 saturated heterocycles. The van der Waals surface area contributed by atoms with Crippen LogP contribution in [0.15, 0.2) is 48.5 Å². The molecule has 0 bridgehead atoms. The Kier molecular flexibility index (Phi) is 3.70. The maximum Gasteiger partial charge on any atom is 0.211 e. The van der Waals surface area contributed by atoms with Gasteiger partial charge in [-0.1, -0.05) is 0 Å². The molecule has 3 rings (SSSR count). The van der Waals surface area contributed by atoms with E-state index in [-0.39, 0.29) is 5.82 Å². The lowest BCUT2D eigenvalue weighted by atomic mass is 10.2. The molecule has 5 heteroatoms. The van der Waals surface area contributed by atoms with Gasteiger partial charge in [-0.3, -0.25) is 9.78 Å². The van der Waals surface area contributed by atoms with Crippen molar-refractivity contribution in [2.24, 2.45) is 0 Å². The number of aromatic nitrogens is 1. The van der Waals surface area contributed by atoms with E-state index in [0.29, 0.717) is 34.5 Å². The molecular formula is C17H13FN2O2. The number of hydrogen-bond acceptors (Lipinski definition) is 3. The molecular weight excluding hydrogens is 283 g/mol. The fourth-order valence-corrected chi connectivity index (χ4v) is 2.19. The number of nitrogens with zero attached hydrogens (tertiary/aromatic N) is 1. The van der Waals surface area contributed by atoms with Crippen molar-refractivity contribution in [3.05, 3.63) is 60.0 Å². The summed E-state index contributed by atoms with van der Waals surface area (Å²) in [5.74, 6) is 0.791. The summed E-state index contributed by atoms with van der Waals surface area (Å²) in [5.41, 5.74) is 2.13. The predicted octanol–water partition coefficient (Wildman–Crippen LogP) is 4.04. The highest BCUT2D eigenvalue weighted by atomic mass is 19.1. The summed E-state index contributed by atoms with van der Waals surface area (Å²) in [6.45, 7) is 1.85. The van der Waals surface area contributed by atoms with E-state index < -0.39 is 0 Å². The molecule has 0 aliphatic rings. The Morgan fingerprint density at radius 2 is 1.91 bits per heavy atom. The zero-order valence-corrected chi connectivity index (χ0v) is 11.8. The summed E-state index contributed by atoms with van der Waals surface area (Å²) in [5, 5.41) is 3.16. The van der Waals surface area contributed by atoms with Crippen LogP contribution in [0.1, 0.15) is 5.69 Å². The van der Waals surface area contributed by atoms with Crippen LogP contribution in [0.25, 0.3) is 10.9 Å². The number of halogens is 1. The molecule has 0 aliphatic heterocycles. The Bertz CT molecular complexity index is 832. The van der Waals surface area contributed by atoms with E-state index in [2.05, 4.69) is 10.3 Å². The van der Waals surface area contributed by atoms with E-state index in [1.54, 1.807) is 36.4 Å². The van der Waals surface area contributed by atoms with Gasteiger partial charge >= 0.3 is 0 Å². The van der Waals surface area contributed by atoms with Crippen molar-refractivity contribution < 1.29 is 13.9 Å². The van der Waals surface area contributed by atoms with E-state index in [1.165, 1.54) is 12.1 Å². The van der Waals surface area contributed by atoms with Gasteiger partial charge in [0.2, 0.25) is 6.41 Å². The van der Waals surface area contributed by atoms with Crippen LogP contribution in [0.5, 0.6) is 11.5 Å². The molecule has 0 unspecified atom stereocenters. The van der Waals surface area contributed by atoms with Gasteiger partial charge < -0.3 is 10.1 Å². The monoisotopic (exact) mass is 296 g/mol. The number of carbonyl (C=O) groups is 1. The Balaban J connectivity index is 1.98. The lowest BCUT2D eigenvalue weighted by molar-refractivity contribution is -0.105. The molecule has 0 aliphatic carbocycles. The van der Waals surface area contributed by atoms with Crippen molar-refractivity contribution in [2.45, 2.75) is 6.92 Å². The zero-order chi connectivity index (χ0) is 15.5. The second kappa shape index (κ2) is 5.81. The topological polar surface area (TPSA) is 51.2 Å². The number of aryl methyl sites for hydroxylation is 1. The number of anilines is 1. The van der Waals surface area contributed by atoms with Crippen molar-refractivity contribution >= 4 is 23.0 Å². The van der Waals surface area contributed by atoms with E-state index in [4.69, 9.17) is 4.74 Å². The highest BCUT2D eigenvalue weighted by Gasteiger charge is 2.08. The van der Waals surface area contributed by atoms with Crippen LogP contribution in [0.2, 0.25) is 0 Å². The molecule has 3 aromatic rings. The molecule has 1 aromatic heterocycles. The predicted molar refractivity (Wildman–Crippen MR) is 82.6 cm³/mol. The van der Waals surface area contributed by atoms with Crippen molar-refractivity contribution in [1.29, 1.82) is 0 Å². The Labute approximate surface area is 126 Å². The quantitative estimate of drug-likeness (QED) is 0.739. The number of ether oxygens (including phenoxy) is 1. The lowest BCUT2D eigenvalue weighted by Gasteiger charge is -2.10. The molecule has 4 nitrogen and oxygen atoms in total. The van der Waals surface area contributed by atoms with Crippen molar-refractivity contribution in [2.75, 3.05) is 5.32 Å². The minimum Gasteiger partial charge on any atom is -0.457 e. The Morgan fingerprint density at radius 1 is 1.14 bits per heavy atom. The second-order valence-electron chi connectivity index (χ2n) is 4.81.